The highest BCUT2D eigenvalue weighted by Gasteiger charge is 2.29. The molecule has 0 aliphatic heterocycles. The van der Waals surface area contributed by atoms with E-state index in [0.717, 1.165) is 22.9 Å². The Morgan fingerprint density at radius 1 is 1.56 bits per heavy atom. The van der Waals surface area contributed by atoms with Gasteiger partial charge in [0.25, 0.3) is 0 Å². The molecule has 1 aliphatic rings. The van der Waals surface area contributed by atoms with Gasteiger partial charge in [-0.05, 0) is 42.5 Å². The van der Waals surface area contributed by atoms with Gasteiger partial charge in [0.2, 0.25) is 0 Å². The van der Waals surface area contributed by atoms with E-state index in [2.05, 4.69) is 15.9 Å². The molecular weight excluding hydrogens is 303 g/mol. The van der Waals surface area contributed by atoms with Crippen molar-refractivity contribution in [3.63, 3.8) is 0 Å². The third-order valence-electron chi connectivity index (χ3n) is 2.90. The summed E-state index contributed by atoms with van der Waals surface area (Å²) in [6, 6.07) is 5.49. The molecule has 0 bridgehead atoms. The van der Waals surface area contributed by atoms with E-state index in [1.165, 1.54) is 0 Å². The number of carboxylic acid groups (broad SMARTS) is 1. The van der Waals surface area contributed by atoms with Crippen LogP contribution in [0.4, 0.5) is 4.39 Å². The molecule has 0 amide bonds. The lowest BCUT2D eigenvalue weighted by atomic mass is 10.1. The number of halogens is 2. The van der Waals surface area contributed by atoms with Gasteiger partial charge in [-0.1, -0.05) is 15.9 Å². The van der Waals surface area contributed by atoms with Crippen LogP contribution in [0, 0.1) is 0 Å². The molecule has 1 saturated carbocycles. The fourth-order valence-electron chi connectivity index (χ4n) is 1.83. The zero-order chi connectivity index (χ0) is 13.1. The monoisotopic (exact) mass is 316 g/mol. The first-order valence-electron chi connectivity index (χ1n) is 5.86. The van der Waals surface area contributed by atoms with Gasteiger partial charge < -0.3 is 9.84 Å². The molecule has 1 fully saturated rings. The lowest BCUT2D eigenvalue weighted by Gasteiger charge is -2.16. The fourth-order valence-corrected chi connectivity index (χ4v) is 2.20. The molecule has 1 aromatic carbocycles. The summed E-state index contributed by atoms with van der Waals surface area (Å²) in [5.41, 5.74) is 1.01. The van der Waals surface area contributed by atoms with Gasteiger partial charge in [-0.25, -0.2) is 4.79 Å². The number of carboxylic acids is 1. The molecule has 0 heterocycles. The number of rotatable bonds is 6. The maximum atomic E-state index is 12.3. The van der Waals surface area contributed by atoms with Gasteiger partial charge in [-0.2, -0.15) is 0 Å². The number of hydrogen-bond acceptors (Lipinski definition) is 2. The van der Waals surface area contributed by atoms with Crippen LogP contribution < -0.4 is 4.74 Å². The zero-order valence-corrected chi connectivity index (χ0v) is 11.3. The number of carbonyl (C=O) groups is 1. The Kier molecular flexibility index (Phi) is 4.22. The first-order valence-corrected chi connectivity index (χ1v) is 6.66. The molecule has 2 rings (SSSR count). The van der Waals surface area contributed by atoms with Crippen LogP contribution in [0.25, 0.3) is 0 Å². The SMILES string of the molecule is O=C(O)C(CCF)Oc1ccc(Br)cc1C1CC1. The summed E-state index contributed by atoms with van der Waals surface area (Å²) < 4.78 is 18.7. The number of hydrogen-bond donors (Lipinski definition) is 1. The third kappa shape index (κ3) is 3.22. The van der Waals surface area contributed by atoms with E-state index < -0.39 is 18.7 Å². The van der Waals surface area contributed by atoms with Crippen molar-refractivity contribution in [1.29, 1.82) is 0 Å². The molecule has 0 spiro atoms. The Morgan fingerprint density at radius 3 is 2.83 bits per heavy atom. The summed E-state index contributed by atoms with van der Waals surface area (Å²) in [5.74, 6) is -0.129. The minimum Gasteiger partial charge on any atom is -0.479 e. The van der Waals surface area contributed by atoms with Gasteiger partial charge in [0.15, 0.2) is 6.10 Å². The summed E-state index contributed by atoms with van der Waals surface area (Å²) in [6.07, 6.45) is 0.935. The molecule has 98 valence electrons. The second kappa shape index (κ2) is 5.69. The van der Waals surface area contributed by atoms with Crippen LogP contribution in [0.15, 0.2) is 22.7 Å². The van der Waals surface area contributed by atoms with Crippen molar-refractivity contribution in [2.75, 3.05) is 6.67 Å². The van der Waals surface area contributed by atoms with Gasteiger partial charge >= 0.3 is 5.97 Å². The van der Waals surface area contributed by atoms with Crippen molar-refractivity contribution >= 4 is 21.9 Å². The third-order valence-corrected chi connectivity index (χ3v) is 3.40. The summed E-state index contributed by atoms with van der Waals surface area (Å²) >= 11 is 3.39. The quantitative estimate of drug-likeness (QED) is 0.873. The second-order valence-electron chi connectivity index (χ2n) is 4.38. The molecule has 1 unspecified atom stereocenters. The van der Waals surface area contributed by atoms with E-state index in [1.54, 1.807) is 12.1 Å². The van der Waals surface area contributed by atoms with E-state index in [0.29, 0.717) is 11.7 Å². The molecule has 1 N–H and O–H groups in total. The standard InChI is InChI=1S/C13H14BrFO3/c14-9-3-4-11(10(7-9)8-1-2-8)18-12(5-6-15)13(16)17/h3-4,7-8,12H,1-2,5-6H2,(H,16,17). The molecule has 0 aromatic heterocycles. The molecule has 3 nitrogen and oxygen atoms in total. The predicted molar refractivity (Wildman–Crippen MR) is 68.8 cm³/mol. The lowest BCUT2D eigenvalue weighted by Crippen LogP contribution is -2.27. The van der Waals surface area contributed by atoms with Crippen LogP contribution in [-0.2, 0) is 4.79 Å². The number of benzene rings is 1. The maximum absolute atomic E-state index is 12.3. The minimum atomic E-state index is -1.13. The molecule has 1 atom stereocenters. The predicted octanol–water partition coefficient (Wildman–Crippen LogP) is 3.52. The highest BCUT2D eigenvalue weighted by molar-refractivity contribution is 9.10. The summed E-state index contributed by atoms with van der Waals surface area (Å²) in [4.78, 5) is 11.0. The van der Waals surface area contributed by atoms with Gasteiger partial charge in [0, 0.05) is 10.9 Å². The van der Waals surface area contributed by atoms with Crippen molar-refractivity contribution in [3.8, 4) is 5.75 Å². The summed E-state index contributed by atoms with van der Waals surface area (Å²) in [7, 11) is 0. The van der Waals surface area contributed by atoms with Crippen LogP contribution >= 0.6 is 15.9 Å². The van der Waals surface area contributed by atoms with Crippen molar-refractivity contribution in [3.05, 3.63) is 28.2 Å². The fraction of sp³-hybridized carbons (Fsp3) is 0.462. The van der Waals surface area contributed by atoms with Crippen molar-refractivity contribution in [2.24, 2.45) is 0 Å². The molecular formula is C13H14BrFO3. The van der Waals surface area contributed by atoms with Crippen LogP contribution in [0.1, 0.15) is 30.7 Å². The van der Waals surface area contributed by atoms with Crippen LogP contribution in [0.3, 0.4) is 0 Å². The van der Waals surface area contributed by atoms with E-state index in [9.17, 15) is 9.18 Å². The Labute approximate surface area is 113 Å². The smallest absolute Gasteiger partial charge is 0.344 e. The average molecular weight is 317 g/mol. The Hall–Kier alpha value is -1.10. The van der Waals surface area contributed by atoms with Gasteiger partial charge in [0.05, 0.1) is 6.67 Å². The minimum absolute atomic E-state index is 0.129. The van der Waals surface area contributed by atoms with E-state index >= 15 is 0 Å². The molecule has 18 heavy (non-hydrogen) atoms. The van der Waals surface area contributed by atoms with E-state index in [1.807, 2.05) is 6.07 Å². The van der Waals surface area contributed by atoms with Crippen LogP contribution in [0.2, 0.25) is 0 Å². The molecule has 1 aliphatic carbocycles. The Bertz CT molecular complexity index is 446. The Morgan fingerprint density at radius 2 is 2.28 bits per heavy atom. The molecule has 1 aromatic rings. The number of aliphatic carboxylic acids is 1. The van der Waals surface area contributed by atoms with E-state index in [4.69, 9.17) is 9.84 Å². The highest BCUT2D eigenvalue weighted by atomic mass is 79.9. The number of alkyl halides is 1. The van der Waals surface area contributed by atoms with Crippen molar-refractivity contribution in [2.45, 2.75) is 31.3 Å². The van der Waals surface area contributed by atoms with Gasteiger partial charge in [-0.15, -0.1) is 0 Å². The second-order valence-corrected chi connectivity index (χ2v) is 5.29. The maximum Gasteiger partial charge on any atom is 0.344 e. The molecule has 5 heteroatoms. The average Bonchev–Trinajstić information content (AvgIpc) is 3.14. The summed E-state index contributed by atoms with van der Waals surface area (Å²) in [6.45, 7) is -0.702. The van der Waals surface area contributed by atoms with Crippen molar-refractivity contribution in [1.82, 2.24) is 0 Å². The topological polar surface area (TPSA) is 46.5 Å². The van der Waals surface area contributed by atoms with Crippen molar-refractivity contribution < 1.29 is 19.0 Å². The first-order chi connectivity index (χ1) is 8.61. The van der Waals surface area contributed by atoms with E-state index in [-0.39, 0.29) is 6.42 Å². The lowest BCUT2D eigenvalue weighted by molar-refractivity contribution is -0.145. The first kappa shape index (κ1) is 13.3. The number of ether oxygens (including phenoxy) is 1. The molecule has 0 saturated heterocycles. The van der Waals surface area contributed by atoms with Crippen LogP contribution in [-0.4, -0.2) is 23.9 Å². The normalized spacial score (nSPS) is 16.3. The van der Waals surface area contributed by atoms with Gasteiger partial charge in [-0.3, -0.25) is 4.39 Å². The van der Waals surface area contributed by atoms with Crippen LogP contribution in [0.5, 0.6) is 5.75 Å². The molecule has 0 radical (unpaired) electrons. The van der Waals surface area contributed by atoms with Gasteiger partial charge in [0.1, 0.15) is 5.75 Å². The largest absolute Gasteiger partial charge is 0.479 e. The zero-order valence-electron chi connectivity index (χ0n) is 9.73. The summed E-state index contributed by atoms with van der Waals surface area (Å²) in [5, 5.41) is 8.96. The highest BCUT2D eigenvalue weighted by Crippen LogP contribution is 2.45. The Balaban J connectivity index is 2.19.